The highest BCUT2D eigenvalue weighted by atomic mass is 35.5. The van der Waals surface area contributed by atoms with Gasteiger partial charge in [0.1, 0.15) is 0 Å². The summed E-state index contributed by atoms with van der Waals surface area (Å²) < 4.78 is 6.00. The van der Waals surface area contributed by atoms with Gasteiger partial charge < -0.3 is 4.74 Å². The van der Waals surface area contributed by atoms with E-state index in [1.807, 2.05) is 0 Å². The molecule has 1 saturated heterocycles. The first-order valence-corrected chi connectivity index (χ1v) is 6.58. The number of ether oxygens (including phenoxy) is 1. The van der Waals surface area contributed by atoms with Crippen LogP contribution in [0, 0.1) is 5.92 Å². The van der Waals surface area contributed by atoms with E-state index < -0.39 is 0 Å². The fraction of sp³-hybridized carbons (Fsp3) is 1.00. The maximum absolute atomic E-state index is 6.00. The molecule has 2 rings (SSSR count). The third-order valence-corrected chi connectivity index (χ3v) is 4.12. The van der Waals surface area contributed by atoms with Crippen molar-refractivity contribution in [2.24, 2.45) is 5.92 Å². The minimum atomic E-state index is 0.301. The summed E-state index contributed by atoms with van der Waals surface area (Å²) in [6.45, 7) is 0.993. The normalized spacial score (nSPS) is 31.1. The Balaban J connectivity index is 1.83. The lowest BCUT2D eigenvalue weighted by Gasteiger charge is -2.38. The van der Waals surface area contributed by atoms with E-state index in [9.17, 15) is 0 Å². The maximum atomic E-state index is 6.00. The Kier molecular flexibility index (Phi) is 3.73. The van der Waals surface area contributed by atoms with E-state index in [0.717, 1.165) is 18.4 Å². The van der Waals surface area contributed by atoms with Crippen LogP contribution in [-0.4, -0.2) is 18.1 Å². The molecular weight excluding hydrogens is 196 g/mol. The zero-order chi connectivity index (χ0) is 9.86. The van der Waals surface area contributed by atoms with Crippen LogP contribution in [0.5, 0.6) is 0 Å². The van der Waals surface area contributed by atoms with Gasteiger partial charge in [-0.1, -0.05) is 12.8 Å². The van der Waals surface area contributed by atoms with Gasteiger partial charge in [-0.2, -0.15) is 0 Å². The fourth-order valence-electron chi connectivity index (χ4n) is 3.11. The molecule has 2 heteroatoms. The van der Waals surface area contributed by atoms with Crippen molar-refractivity contribution in [3.05, 3.63) is 0 Å². The highest BCUT2D eigenvalue weighted by Crippen LogP contribution is 2.43. The number of alkyl halides is 1. The second-order valence-corrected chi connectivity index (χ2v) is 5.31. The predicted octanol–water partition coefficient (Wildman–Crippen LogP) is 3.74. The van der Waals surface area contributed by atoms with Crippen molar-refractivity contribution in [2.45, 2.75) is 57.0 Å². The van der Waals surface area contributed by atoms with Crippen LogP contribution in [0.3, 0.4) is 0 Å². The van der Waals surface area contributed by atoms with E-state index in [1.165, 1.54) is 51.4 Å². The zero-order valence-corrected chi connectivity index (χ0v) is 9.69. The van der Waals surface area contributed by atoms with Crippen LogP contribution in [0.2, 0.25) is 0 Å². The molecule has 0 aromatic heterocycles. The summed E-state index contributed by atoms with van der Waals surface area (Å²) in [6.07, 6.45) is 10.4. The Morgan fingerprint density at radius 3 is 2.79 bits per heavy atom. The van der Waals surface area contributed by atoms with Crippen LogP contribution < -0.4 is 0 Å². The van der Waals surface area contributed by atoms with Crippen molar-refractivity contribution in [1.82, 2.24) is 0 Å². The Bertz CT molecular complexity index is 175. The number of hydrogen-bond donors (Lipinski definition) is 0. The van der Waals surface area contributed by atoms with Crippen molar-refractivity contribution in [3.63, 3.8) is 0 Å². The van der Waals surface area contributed by atoms with Gasteiger partial charge in [0.05, 0.1) is 5.60 Å². The maximum Gasteiger partial charge on any atom is 0.0685 e. The topological polar surface area (TPSA) is 9.23 Å². The van der Waals surface area contributed by atoms with E-state index in [0.29, 0.717) is 5.60 Å². The largest absolute Gasteiger partial charge is 0.375 e. The van der Waals surface area contributed by atoms with Gasteiger partial charge in [0.15, 0.2) is 0 Å². The molecule has 2 fully saturated rings. The molecule has 14 heavy (non-hydrogen) atoms. The molecule has 1 unspecified atom stereocenters. The number of hydrogen-bond acceptors (Lipinski definition) is 1. The average molecular weight is 217 g/mol. The van der Waals surface area contributed by atoms with E-state index in [-0.39, 0.29) is 0 Å². The summed E-state index contributed by atoms with van der Waals surface area (Å²) in [5, 5.41) is 0. The minimum Gasteiger partial charge on any atom is -0.375 e. The standard InChI is InChI=1S/C12H21ClO/c13-8-3-4-11-5-9-14-12(10-11)6-1-2-7-12/h11H,1-10H2. The third-order valence-electron chi connectivity index (χ3n) is 3.86. The molecule has 2 aliphatic rings. The van der Waals surface area contributed by atoms with Crippen molar-refractivity contribution in [3.8, 4) is 0 Å². The average Bonchev–Trinajstić information content (AvgIpc) is 2.63. The molecule has 0 amide bonds. The van der Waals surface area contributed by atoms with Crippen molar-refractivity contribution >= 4 is 11.6 Å². The summed E-state index contributed by atoms with van der Waals surface area (Å²) in [6, 6.07) is 0. The van der Waals surface area contributed by atoms with Crippen molar-refractivity contribution in [2.75, 3.05) is 12.5 Å². The van der Waals surface area contributed by atoms with Gasteiger partial charge in [-0.15, -0.1) is 11.6 Å². The SMILES string of the molecule is ClCCCC1CCOC2(CCCC2)C1. The summed E-state index contributed by atoms with van der Waals surface area (Å²) in [7, 11) is 0. The van der Waals surface area contributed by atoms with E-state index >= 15 is 0 Å². The monoisotopic (exact) mass is 216 g/mol. The first-order valence-electron chi connectivity index (χ1n) is 6.05. The Morgan fingerprint density at radius 1 is 1.29 bits per heavy atom. The first kappa shape index (κ1) is 10.8. The van der Waals surface area contributed by atoms with Gasteiger partial charge in [0.25, 0.3) is 0 Å². The van der Waals surface area contributed by atoms with Crippen molar-refractivity contribution < 1.29 is 4.74 Å². The molecule has 1 spiro atoms. The molecule has 0 aromatic rings. The van der Waals surface area contributed by atoms with E-state index in [1.54, 1.807) is 0 Å². The summed E-state index contributed by atoms with van der Waals surface area (Å²) in [5.41, 5.74) is 0.301. The Hall–Kier alpha value is 0.250. The molecule has 1 nitrogen and oxygen atoms in total. The summed E-state index contributed by atoms with van der Waals surface area (Å²) >= 11 is 5.74. The van der Waals surface area contributed by atoms with Gasteiger partial charge in [-0.05, 0) is 44.4 Å². The van der Waals surface area contributed by atoms with Crippen LogP contribution in [0.25, 0.3) is 0 Å². The molecule has 0 bridgehead atoms. The van der Waals surface area contributed by atoms with Gasteiger partial charge in [-0.3, -0.25) is 0 Å². The molecule has 0 N–H and O–H groups in total. The Labute approximate surface area is 92.2 Å². The third kappa shape index (κ3) is 2.43. The zero-order valence-electron chi connectivity index (χ0n) is 8.93. The highest BCUT2D eigenvalue weighted by molar-refractivity contribution is 6.17. The number of rotatable bonds is 3. The quantitative estimate of drug-likeness (QED) is 0.653. The predicted molar refractivity (Wildman–Crippen MR) is 59.8 cm³/mol. The molecule has 1 aliphatic carbocycles. The van der Waals surface area contributed by atoms with Crippen LogP contribution in [0.15, 0.2) is 0 Å². The molecule has 1 heterocycles. The van der Waals surface area contributed by atoms with Crippen LogP contribution in [-0.2, 0) is 4.74 Å². The van der Waals surface area contributed by atoms with E-state index in [4.69, 9.17) is 16.3 Å². The molecule has 1 saturated carbocycles. The lowest BCUT2D eigenvalue weighted by Crippen LogP contribution is -2.37. The molecule has 0 radical (unpaired) electrons. The van der Waals surface area contributed by atoms with Gasteiger partial charge in [-0.25, -0.2) is 0 Å². The molecular formula is C12H21ClO. The fourth-order valence-corrected chi connectivity index (χ4v) is 3.26. The van der Waals surface area contributed by atoms with E-state index in [2.05, 4.69) is 0 Å². The number of halogens is 1. The molecule has 82 valence electrons. The second-order valence-electron chi connectivity index (χ2n) is 4.93. The van der Waals surface area contributed by atoms with Gasteiger partial charge in [0.2, 0.25) is 0 Å². The molecule has 1 aliphatic heterocycles. The first-order chi connectivity index (χ1) is 6.85. The van der Waals surface area contributed by atoms with Gasteiger partial charge >= 0.3 is 0 Å². The smallest absolute Gasteiger partial charge is 0.0685 e. The highest BCUT2D eigenvalue weighted by Gasteiger charge is 2.39. The minimum absolute atomic E-state index is 0.301. The summed E-state index contributed by atoms with van der Waals surface area (Å²) in [4.78, 5) is 0. The lowest BCUT2D eigenvalue weighted by molar-refractivity contribution is -0.0936. The lowest BCUT2D eigenvalue weighted by atomic mass is 9.82. The molecule has 0 aromatic carbocycles. The van der Waals surface area contributed by atoms with Gasteiger partial charge in [0, 0.05) is 12.5 Å². The summed E-state index contributed by atoms with van der Waals surface area (Å²) in [5.74, 6) is 1.71. The van der Waals surface area contributed by atoms with Crippen LogP contribution in [0.4, 0.5) is 0 Å². The van der Waals surface area contributed by atoms with Crippen molar-refractivity contribution in [1.29, 1.82) is 0 Å². The Morgan fingerprint density at radius 2 is 2.07 bits per heavy atom. The van der Waals surface area contributed by atoms with Crippen LogP contribution >= 0.6 is 11.6 Å². The second kappa shape index (κ2) is 4.85. The molecule has 1 atom stereocenters. The van der Waals surface area contributed by atoms with Crippen LogP contribution in [0.1, 0.15) is 51.4 Å².